The van der Waals surface area contributed by atoms with Gasteiger partial charge in [-0.3, -0.25) is 0 Å². The molecular weight excluding hydrogens is 412 g/mol. The SMILES string of the molecule is CN1CCCC1.Cc1cccc(N)c1-c1ccc2c(N3C4CCC3CNC4)nc(=O)[nH]c2c1. The van der Waals surface area contributed by atoms with Crippen molar-refractivity contribution >= 4 is 22.4 Å². The fourth-order valence-electron chi connectivity index (χ4n) is 5.58. The first-order valence-electron chi connectivity index (χ1n) is 12.1. The molecule has 4 heterocycles. The van der Waals surface area contributed by atoms with Gasteiger partial charge in [0.2, 0.25) is 0 Å². The van der Waals surface area contributed by atoms with Crippen molar-refractivity contribution in [3.63, 3.8) is 0 Å². The average molecular weight is 447 g/mol. The number of rotatable bonds is 2. The van der Waals surface area contributed by atoms with Gasteiger partial charge in [0.05, 0.1) is 5.52 Å². The lowest BCUT2D eigenvalue weighted by Gasteiger charge is -2.36. The van der Waals surface area contributed by atoms with E-state index >= 15 is 0 Å². The highest BCUT2D eigenvalue weighted by Crippen LogP contribution is 2.36. The predicted molar refractivity (Wildman–Crippen MR) is 136 cm³/mol. The molecule has 7 heteroatoms. The van der Waals surface area contributed by atoms with Crippen molar-refractivity contribution in [3.8, 4) is 11.1 Å². The Hall–Kier alpha value is -2.90. The van der Waals surface area contributed by atoms with E-state index in [0.717, 1.165) is 65.0 Å². The molecule has 2 atom stereocenters. The first-order valence-corrected chi connectivity index (χ1v) is 12.1. The summed E-state index contributed by atoms with van der Waals surface area (Å²) in [6.45, 7) is 6.59. The number of hydrogen-bond acceptors (Lipinski definition) is 6. The molecule has 2 bridgehead atoms. The zero-order chi connectivity index (χ0) is 22.9. The second kappa shape index (κ2) is 9.15. The van der Waals surface area contributed by atoms with Crippen LogP contribution in [-0.4, -0.2) is 60.2 Å². The number of aryl methyl sites for hydroxylation is 1. The molecule has 0 saturated carbocycles. The monoisotopic (exact) mass is 446 g/mol. The molecule has 4 N–H and O–H groups in total. The number of likely N-dealkylation sites (tertiary alicyclic amines) is 1. The zero-order valence-corrected chi connectivity index (χ0v) is 19.6. The first-order chi connectivity index (χ1) is 16.0. The minimum Gasteiger partial charge on any atom is -0.398 e. The second-order valence-corrected chi connectivity index (χ2v) is 9.63. The first kappa shape index (κ1) is 21.9. The maximum atomic E-state index is 12.3. The number of aromatic amines is 1. The number of fused-ring (bicyclic) bond motifs is 3. The van der Waals surface area contributed by atoms with Gasteiger partial charge in [-0.05, 0) is 82.1 Å². The molecule has 33 heavy (non-hydrogen) atoms. The number of piperazine rings is 1. The van der Waals surface area contributed by atoms with Crippen molar-refractivity contribution in [2.24, 2.45) is 0 Å². The van der Waals surface area contributed by atoms with Crippen LogP contribution in [0.25, 0.3) is 22.0 Å². The summed E-state index contributed by atoms with van der Waals surface area (Å²) < 4.78 is 0. The van der Waals surface area contributed by atoms with E-state index in [4.69, 9.17) is 5.73 Å². The molecular formula is C26H34N6O. The number of nitrogens with one attached hydrogen (secondary N) is 2. The highest BCUT2D eigenvalue weighted by molar-refractivity contribution is 5.94. The Bertz CT molecular complexity index is 1160. The molecule has 3 aliphatic heterocycles. The summed E-state index contributed by atoms with van der Waals surface area (Å²) in [7, 11) is 2.17. The molecule has 3 aliphatic rings. The molecule has 3 saturated heterocycles. The van der Waals surface area contributed by atoms with Crippen molar-refractivity contribution in [1.82, 2.24) is 20.2 Å². The van der Waals surface area contributed by atoms with Gasteiger partial charge in [-0.1, -0.05) is 18.2 Å². The lowest BCUT2D eigenvalue weighted by atomic mass is 9.97. The Kier molecular flexibility index (Phi) is 6.08. The van der Waals surface area contributed by atoms with Crippen LogP contribution in [0.15, 0.2) is 41.2 Å². The van der Waals surface area contributed by atoms with Crippen LogP contribution in [0.1, 0.15) is 31.2 Å². The third kappa shape index (κ3) is 4.35. The number of nitrogens with zero attached hydrogens (tertiary/aromatic N) is 3. The van der Waals surface area contributed by atoms with E-state index in [-0.39, 0.29) is 5.69 Å². The fraction of sp³-hybridized carbons (Fsp3) is 0.462. The summed E-state index contributed by atoms with van der Waals surface area (Å²) in [4.78, 5) is 24.3. The van der Waals surface area contributed by atoms with Crippen molar-refractivity contribution in [2.45, 2.75) is 44.7 Å². The zero-order valence-electron chi connectivity index (χ0n) is 19.6. The van der Waals surface area contributed by atoms with E-state index in [9.17, 15) is 4.79 Å². The molecule has 0 spiro atoms. The number of benzene rings is 2. The van der Waals surface area contributed by atoms with Gasteiger partial charge in [0.25, 0.3) is 0 Å². The Morgan fingerprint density at radius 2 is 1.79 bits per heavy atom. The standard InChI is InChI=1S/C21H23N5O.C5H11N/c1-12-3-2-4-17(22)19(12)13-5-8-16-18(9-13)24-21(27)25-20(16)26-14-6-7-15(26)11-23-10-14;1-6-4-2-3-5-6/h2-5,8-9,14-15,23H,6-7,10-11,22H2,1H3,(H,24,25,27);2-5H2,1H3. The predicted octanol–water partition coefficient (Wildman–Crippen LogP) is 3.13. The smallest absolute Gasteiger partial charge is 0.347 e. The summed E-state index contributed by atoms with van der Waals surface area (Å²) in [5.41, 5.74) is 10.6. The van der Waals surface area contributed by atoms with Crippen LogP contribution < -0.4 is 21.6 Å². The Balaban J connectivity index is 0.000000332. The molecule has 6 rings (SSSR count). The maximum absolute atomic E-state index is 12.3. The number of nitrogen functional groups attached to an aromatic ring is 1. The second-order valence-electron chi connectivity index (χ2n) is 9.63. The van der Waals surface area contributed by atoms with E-state index in [1.54, 1.807) is 0 Å². The van der Waals surface area contributed by atoms with Crippen LogP contribution in [0.5, 0.6) is 0 Å². The number of anilines is 2. The molecule has 174 valence electrons. The summed E-state index contributed by atoms with van der Waals surface area (Å²) in [6.07, 6.45) is 5.12. The minimum absolute atomic E-state index is 0.301. The highest BCUT2D eigenvalue weighted by atomic mass is 16.1. The van der Waals surface area contributed by atoms with Crippen LogP contribution in [0.3, 0.4) is 0 Å². The van der Waals surface area contributed by atoms with E-state index < -0.39 is 0 Å². The lowest BCUT2D eigenvalue weighted by molar-refractivity contribution is 0.418. The van der Waals surface area contributed by atoms with Gasteiger partial charge in [-0.2, -0.15) is 4.98 Å². The quantitative estimate of drug-likeness (QED) is 0.524. The van der Waals surface area contributed by atoms with Gasteiger partial charge in [0, 0.05) is 41.8 Å². The van der Waals surface area contributed by atoms with E-state index in [2.05, 4.69) is 57.3 Å². The number of aromatic nitrogens is 2. The van der Waals surface area contributed by atoms with E-state index in [1.807, 2.05) is 18.2 Å². The van der Waals surface area contributed by atoms with Crippen LogP contribution in [0.4, 0.5) is 11.5 Å². The minimum atomic E-state index is -0.301. The van der Waals surface area contributed by atoms with Gasteiger partial charge < -0.3 is 25.8 Å². The fourth-order valence-corrected chi connectivity index (χ4v) is 5.58. The topological polar surface area (TPSA) is 90.3 Å². The largest absolute Gasteiger partial charge is 0.398 e. The third-order valence-corrected chi connectivity index (χ3v) is 7.26. The molecule has 2 unspecified atom stereocenters. The Morgan fingerprint density at radius 3 is 2.42 bits per heavy atom. The molecule has 0 amide bonds. The van der Waals surface area contributed by atoms with Crippen LogP contribution in [0.2, 0.25) is 0 Å². The number of H-pyrrole nitrogens is 1. The highest BCUT2D eigenvalue weighted by Gasteiger charge is 2.38. The van der Waals surface area contributed by atoms with Gasteiger partial charge in [-0.25, -0.2) is 4.79 Å². The Morgan fingerprint density at radius 1 is 1.06 bits per heavy atom. The average Bonchev–Trinajstić information content (AvgIpc) is 3.36. The van der Waals surface area contributed by atoms with E-state index in [1.165, 1.54) is 25.9 Å². The normalized spacial score (nSPS) is 22.4. The summed E-state index contributed by atoms with van der Waals surface area (Å²) in [6, 6.07) is 12.9. The third-order valence-electron chi connectivity index (χ3n) is 7.26. The lowest BCUT2D eigenvalue weighted by Crippen LogP contribution is -2.52. The van der Waals surface area contributed by atoms with Crippen LogP contribution in [0, 0.1) is 6.92 Å². The molecule has 1 aromatic heterocycles. The summed E-state index contributed by atoms with van der Waals surface area (Å²) in [5.74, 6) is 0.812. The van der Waals surface area contributed by atoms with Crippen LogP contribution in [-0.2, 0) is 0 Å². The van der Waals surface area contributed by atoms with Crippen molar-refractivity contribution in [3.05, 3.63) is 52.4 Å². The van der Waals surface area contributed by atoms with Crippen molar-refractivity contribution < 1.29 is 0 Å². The summed E-state index contributed by atoms with van der Waals surface area (Å²) in [5, 5.41) is 4.47. The van der Waals surface area contributed by atoms with Gasteiger partial charge in [0.1, 0.15) is 5.82 Å². The van der Waals surface area contributed by atoms with E-state index in [0.29, 0.717) is 12.1 Å². The number of nitrogens with two attached hydrogens (primary N) is 1. The molecule has 0 aliphatic carbocycles. The molecule has 3 fully saturated rings. The molecule has 7 nitrogen and oxygen atoms in total. The maximum Gasteiger partial charge on any atom is 0.347 e. The van der Waals surface area contributed by atoms with Gasteiger partial charge in [0.15, 0.2) is 0 Å². The van der Waals surface area contributed by atoms with Gasteiger partial charge in [-0.15, -0.1) is 0 Å². The van der Waals surface area contributed by atoms with Crippen LogP contribution >= 0.6 is 0 Å². The molecule has 3 aromatic rings. The Labute approximate surface area is 195 Å². The molecule has 2 aromatic carbocycles. The van der Waals surface area contributed by atoms with Crippen molar-refractivity contribution in [1.29, 1.82) is 0 Å². The molecule has 0 radical (unpaired) electrons. The number of hydrogen-bond donors (Lipinski definition) is 3. The summed E-state index contributed by atoms with van der Waals surface area (Å²) >= 11 is 0. The van der Waals surface area contributed by atoms with Gasteiger partial charge >= 0.3 is 5.69 Å². The van der Waals surface area contributed by atoms with Crippen molar-refractivity contribution in [2.75, 3.05) is 43.9 Å².